The number of primary amides is 1. The average Bonchev–Trinajstić information content (AvgIpc) is 4.00. The number of rotatable bonds is 22. The zero-order valence-electron chi connectivity index (χ0n) is 35.2. The summed E-state index contributed by atoms with van der Waals surface area (Å²) in [6.45, 7) is 8.72. The van der Waals surface area contributed by atoms with Crippen LogP contribution in [0.2, 0.25) is 0 Å². The third kappa shape index (κ3) is 14.5. The number of carbonyl (C=O) groups excluding carboxylic acids is 4. The first-order chi connectivity index (χ1) is 29.5. The second-order valence-electron chi connectivity index (χ2n) is 16.2. The molecule has 1 saturated heterocycles. The minimum Gasteiger partial charge on any atom is -0.444 e. The molecule has 0 unspecified atom stereocenters. The van der Waals surface area contributed by atoms with Crippen LogP contribution in [0.5, 0.6) is 0 Å². The second-order valence-corrected chi connectivity index (χ2v) is 16.2. The van der Waals surface area contributed by atoms with Crippen LogP contribution >= 0.6 is 0 Å². The number of pyridine rings is 1. The van der Waals surface area contributed by atoms with Gasteiger partial charge in [-0.25, -0.2) is 9.97 Å². The van der Waals surface area contributed by atoms with Crippen LogP contribution in [-0.2, 0) is 23.8 Å². The number of likely N-dealkylation sites (tertiary alicyclic amines) is 1. The number of nitrogens with zero attached hydrogens (tertiary/aromatic N) is 5. The predicted octanol–water partition coefficient (Wildman–Crippen LogP) is 2.75. The highest BCUT2D eigenvalue weighted by Crippen LogP contribution is 2.33. The number of hydrogen-bond donors (Lipinski definition) is 6. The predicted molar refractivity (Wildman–Crippen MR) is 218 cm³/mol. The number of hydrogen-bond acceptors (Lipinski definition) is 14. The third-order valence-corrected chi connectivity index (χ3v) is 10.3. The maximum atomic E-state index is 13.1. The van der Waals surface area contributed by atoms with Crippen LogP contribution in [0.3, 0.4) is 0 Å². The molecule has 0 aromatic carbocycles. The lowest BCUT2D eigenvalue weighted by molar-refractivity contribution is -0.135. The number of β-amino-alcohol motifs (C(OH)–C–C–N with tert-alkyl or cyclic N) is 1. The summed E-state index contributed by atoms with van der Waals surface area (Å²) in [6.07, 6.45) is 1.82. The van der Waals surface area contributed by atoms with E-state index in [1.807, 2.05) is 20.8 Å². The van der Waals surface area contributed by atoms with Gasteiger partial charge in [-0.1, -0.05) is 20.8 Å². The van der Waals surface area contributed by atoms with Crippen LogP contribution in [0.4, 0.5) is 24.7 Å². The summed E-state index contributed by atoms with van der Waals surface area (Å²) in [4.78, 5) is 60.9. The number of carbonyl (C=O) groups is 4. The number of halogens is 3. The van der Waals surface area contributed by atoms with Crippen molar-refractivity contribution in [2.24, 2.45) is 17.1 Å². The molecule has 1 aliphatic heterocycles. The van der Waals surface area contributed by atoms with Gasteiger partial charge in [-0.3, -0.25) is 23.9 Å². The van der Waals surface area contributed by atoms with E-state index in [2.05, 4.69) is 36.3 Å². The van der Waals surface area contributed by atoms with Crippen LogP contribution in [-0.4, -0.2) is 144 Å². The Balaban J connectivity index is 0.940. The van der Waals surface area contributed by atoms with Crippen molar-refractivity contribution < 1.29 is 56.1 Å². The topological polar surface area (TPSA) is 250 Å². The zero-order valence-corrected chi connectivity index (χ0v) is 35.2. The van der Waals surface area contributed by atoms with Crippen molar-refractivity contribution in [3.05, 3.63) is 42.2 Å². The van der Waals surface area contributed by atoms with Crippen LogP contribution < -0.4 is 27.0 Å². The lowest BCUT2D eigenvalue weighted by Gasteiger charge is -2.33. The van der Waals surface area contributed by atoms with E-state index in [1.54, 1.807) is 9.58 Å². The number of ether oxygens (including phenoxy) is 3. The first kappa shape index (κ1) is 47.9. The number of amides is 4. The number of aliphatic hydroxyl groups excluding tert-OH is 1. The first-order valence-corrected chi connectivity index (χ1v) is 20.6. The number of aliphatic hydroxyl groups is 1. The molecule has 5 rings (SSSR count). The Bertz CT molecular complexity index is 1950. The molecule has 2 aliphatic rings. The quantitative estimate of drug-likeness (QED) is 0.0795. The van der Waals surface area contributed by atoms with Gasteiger partial charge < -0.3 is 55.6 Å². The van der Waals surface area contributed by atoms with Crippen molar-refractivity contribution in [3.63, 3.8) is 0 Å². The molecule has 22 heteroatoms. The smallest absolute Gasteiger partial charge is 0.405 e. The van der Waals surface area contributed by atoms with Gasteiger partial charge in [0.1, 0.15) is 18.6 Å². The van der Waals surface area contributed by atoms with Gasteiger partial charge in [0, 0.05) is 50.1 Å². The Labute approximate surface area is 357 Å². The Morgan fingerprint density at radius 2 is 1.66 bits per heavy atom. The molecule has 7 N–H and O–H groups in total. The number of aromatic nitrogens is 4. The minimum atomic E-state index is -4.45. The van der Waals surface area contributed by atoms with E-state index in [1.165, 1.54) is 24.5 Å². The van der Waals surface area contributed by atoms with Crippen molar-refractivity contribution >= 4 is 35.1 Å². The standard InChI is InChI=1S/C40H57F3N10O9/c1-39(2,3)33(38(58)52-13-9-28(54)21-52)46-11-14-59-16-18-61-19-17-60-15-12-47-35(56)25-4-6-27(7-5-25)53-22-29(32(51-53)34(44)55)49-36(57)30-23-62-37(50-30)26-8-10-45-31(20-26)48-24-40(41,42)43/h8,10,20,22-23,25,27-28,33,46,54H,4-7,9,11-19,21,24H2,1-3H3,(H2,44,55)(H,45,48)(H,47,56)(H,49,57)/t25?,27?,28-,33-/m1/s1. The van der Waals surface area contributed by atoms with E-state index >= 15 is 0 Å². The second kappa shape index (κ2) is 22.3. The van der Waals surface area contributed by atoms with Crippen molar-refractivity contribution in [3.8, 4) is 11.5 Å². The van der Waals surface area contributed by atoms with Crippen molar-refractivity contribution in [1.29, 1.82) is 0 Å². The minimum absolute atomic E-state index is 0.00568. The molecule has 0 bridgehead atoms. The van der Waals surface area contributed by atoms with Crippen LogP contribution in [0.25, 0.3) is 11.5 Å². The van der Waals surface area contributed by atoms with E-state index in [0.717, 1.165) is 6.26 Å². The summed E-state index contributed by atoms with van der Waals surface area (Å²) in [5.41, 5.74) is 5.27. The van der Waals surface area contributed by atoms with Gasteiger partial charge in [-0.2, -0.15) is 18.3 Å². The van der Waals surface area contributed by atoms with E-state index in [-0.39, 0.29) is 69.6 Å². The first-order valence-electron chi connectivity index (χ1n) is 20.6. The van der Waals surface area contributed by atoms with E-state index < -0.39 is 30.6 Å². The normalized spacial score (nSPS) is 18.7. The number of nitrogens with one attached hydrogen (secondary N) is 4. The third-order valence-electron chi connectivity index (χ3n) is 10.3. The molecule has 0 radical (unpaired) electrons. The van der Waals surface area contributed by atoms with Crippen molar-refractivity contribution in [2.45, 2.75) is 77.2 Å². The number of nitrogens with two attached hydrogens (primary N) is 1. The lowest BCUT2D eigenvalue weighted by atomic mass is 9.85. The summed E-state index contributed by atoms with van der Waals surface area (Å²) < 4.78 is 61.6. The number of alkyl halides is 3. The molecule has 3 aromatic rings. The SMILES string of the molecule is CC(C)(C)[C@H](NCCOCCOCCOCCNC(=O)C1CCC(n2cc(NC(=O)c3coc(-c4ccnc(NCC(F)(F)F)c4)n3)c(C(N)=O)n2)CC1)C(=O)N1CC[C@@H](O)C1. The maximum Gasteiger partial charge on any atom is 0.405 e. The highest BCUT2D eigenvalue weighted by atomic mass is 19.4. The van der Waals surface area contributed by atoms with Gasteiger partial charge in [0.25, 0.3) is 11.8 Å². The molecule has 4 heterocycles. The van der Waals surface area contributed by atoms with Crippen molar-refractivity contribution in [1.82, 2.24) is 35.3 Å². The molecule has 2 fully saturated rings. The molecule has 19 nitrogen and oxygen atoms in total. The Morgan fingerprint density at radius 3 is 2.29 bits per heavy atom. The molecule has 62 heavy (non-hydrogen) atoms. The number of oxazole rings is 1. The van der Waals surface area contributed by atoms with Crippen LogP contribution in [0.1, 0.15) is 79.9 Å². The van der Waals surface area contributed by atoms with Crippen molar-refractivity contribution in [2.75, 3.05) is 83.0 Å². The van der Waals surface area contributed by atoms with Gasteiger partial charge >= 0.3 is 6.18 Å². The summed E-state index contributed by atoms with van der Waals surface area (Å²) in [7, 11) is 0. The van der Waals surface area contributed by atoms with Gasteiger partial charge in [0.15, 0.2) is 11.4 Å². The van der Waals surface area contributed by atoms with E-state index in [9.17, 15) is 37.5 Å². The molecule has 3 aromatic heterocycles. The fraction of sp³-hybridized carbons (Fsp3) is 0.625. The molecular weight excluding hydrogens is 821 g/mol. The number of anilines is 2. The largest absolute Gasteiger partial charge is 0.444 e. The Morgan fingerprint density at radius 1 is 0.984 bits per heavy atom. The highest BCUT2D eigenvalue weighted by molar-refractivity contribution is 6.07. The summed E-state index contributed by atoms with van der Waals surface area (Å²) >= 11 is 0. The van der Waals surface area contributed by atoms with Gasteiger partial charge in [-0.05, 0) is 49.7 Å². The van der Waals surface area contributed by atoms with Crippen LogP contribution in [0.15, 0.2) is 35.2 Å². The molecule has 342 valence electrons. The molecular formula is C40H57F3N10O9. The zero-order chi connectivity index (χ0) is 44.9. The Kier molecular flexibility index (Phi) is 17.2. The molecule has 2 atom stereocenters. The molecule has 4 amide bonds. The van der Waals surface area contributed by atoms with Crippen LogP contribution in [0, 0.1) is 11.3 Å². The highest BCUT2D eigenvalue weighted by Gasteiger charge is 2.36. The fourth-order valence-electron chi connectivity index (χ4n) is 7.10. The molecule has 1 aliphatic carbocycles. The van der Waals surface area contributed by atoms with E-state index in [4.69, 9.17) is 24.4 Å². The summed E-state index contributed by atoms with van der Waals surface area (Å²) in [5.74, 6) is -2.02. The fourth-order valence-corrected chi connectivity index (χ4v) is 7.10. The maximum absolute atomic E-state index is 13.1. The molecule has 1 saturated carbocycles. The van der Waals surface area contributed by atoms with E-state index in [0.29, 0.717) is 97.9 Å². The lowest BCUT2D eigenvalue weighted by Crippen LogP contribution is -2.53. The van der Waals surface area contributed by atoms with Gasteiger partial charge in [0.05, 0.1) is 63.5 Å². The monoisotopic (exact) mass is 878 g/mol. The summed E-state index contributed by atoms with van der Waals surface area (Å²) in [6, 6.07) is 2.20. The van der Waals surface area contributed by atoms with Gasteiger partial charge in [0.2, 0.25) is 17.7 Å². The van der Waals surface area contributed by atoms with Gasteiger partial charge in [-0.15, -0.1) is 0 Å². The summed E-state index contributed by atoms with van der Waals surface area (Å²) in [5, 5.41) is 25.1. The molecule has 0 spiro atoms. The average molecular weight is 879 g/mol. The Hall–Kier alpha value is -5.16.